The number of thiocarbonyl (C=S) groups is 1. The average molecular weight is 457 g/mol. The highest BCUT2D eigenvalue weighted by Crippen LogP contribution is 2.36. The summed E-state index contributed by atoms with van der Waals surface area (Å²) in [5.41, 5.74) is -0.681. The Labute approximate surface area is 186 Å². The Morgan fingerprint density at radius 2 is 1.88 bits per heavy atom. The quantitative estimate of drug-likeness (QED) is 0.219. The molecule has 0 aromatic heterocycles. The lowest BCUT2D eigenvalue weighted by molar-refractivity contribution is -0.385. The van der Waals surface area contributed by atoms with E-state index >= 15 is 0 Å². The van der Waals surface area contributed by atoms with Gasteiger partial charge in [-0.05, 0) is 36.5 Å². The molecule has 0 unspecified atom stereocenters. The summed E-state index contributed by atoms with van der Waals surface area (Å²) < 4.78 is 10.2. The van der Waals surface area contributed by atoms with Crippen LogP contribution in [0.5, 0.6) is 11.5 Å². The molecule has 0 spiro atoms. The van der Waals surface area contributed by atoms with Crippen molar-refractivity contribution < 1.29 is 33.9 Å². The van der Waals surface area contributed by atoms with Gasteiger partial charge in [0.15, 0.2) is 5.11 Å². The molecule has 2 aromatic rings. The third-order valence-electron chi connectivity index (χ3n) is 4.48. The zero-order chi connectivity index (χ0) is 23.6. The number of benzene rings is 2. The number of nitro groups is 1. The molecule has 1 aliphatic heterocycles. The van der Waals surface area contributed by atoms with Crippen LogP contribution < -0.4 is 19.7 Å². The largest absolute Gasteiger partial charge is 0.496 e. The van der Waals surface area contributed by atoms with E-state index in [9.17, 15) is 29.6 Å². The van der Waals surface area contributed by atoms with Crippen LogP contribution in [-0.4, -0.2) is 47.1 Å². The maximum atomic E-state index is 13.1. The van der Waals surface area contributed by atoms with E-state index in [4.69, 9.17) is 21.7 Å². The summed E-state index contributed by atoms with van der Waals surface area (Å²) in [6, 6.07) is 7.79. The van der Waals surface area contributed by atoms with Crippen LogP contribution in [0.4, 0.5) is 11.4 Å². The Bertz CT molecular complexity index is 1210. The van der Waals surface area contributed by atoms with Gasteiger partial charge < -0.3 is 14.6 Å². The number of rotatable bonds is 6. The highest BCUT2D eigenvalue weighted by atomic mass is 32.1. The van der Waals surface area contributed by atoms with Crippen molar-refractivity contribution in [1.29, 1.82) is 0 Å². The number of carbonyl (C=O) groups excluding carboxylic acids is 2. The van der Waals surface area contributed by atoms with E-state index in [1.54, 1.807) is 0 Å². The lowest BCUT2D eigenvalue weighted by Crippen LogP contribution is -2.54. The Hall–Kier alpha value is -4.32. The van der Waals surface area contributed by atoms with Gasteiger partial charge in [0.1, 0.15) is 11.3 Å². The van der Waals surface area contributed by atoms with E-state index in [0.29, 0.717) is 0 Å². The fraction of sp³-hybridized carbons (Fsp3) is 0.100. The van der Waals surface area contributed by atoms with E-state index < -0.39 is 34.0 Å². The molecule has 1 heterocycles. The molecular formula is C20H15N3O8S. The predicted molar refractivity (Wildman–Crippen MR) is 116 cm³/mol. The number of nitro benzene ring substituents is 1. The Morgan fingerprint density at radius 3 is 2.47 bits per heavy atom. The van der Waals surface area contributed by atoms with E-state index in [-0.39, 0.29) is 33.4 Å². The number of nitrogens with one attached hydrogen (secondary N) is 1. The first kappa shape index (κ1) is 22.4. The van der Waals surface area contributed by atoms with Crippen molar-refractivity contribution in [3.8, 4) is 11.5 Å². The smallest absolute Gasteiger partial charge is 0.335 e. The summed E-state index contributed by atoms with van der Waals surface area (Å²) in [6.07, 6.45) is 1.12. The minimum Gasteiger partial charge on any atom is -0.496 e. The van der Waals surface area contributed by atoms with Crippen molar-refractivity contribution in [2.45, 2.75) is 0 Å². The van der Waals surface area contributed by atoms with Gasteiger partial charge in [-0.25, -0.2) is 4.79 Å². The fourth-order valence-electron chi connectivity index (χ4n) is 2.99. The maximum Gasteiger partial charge on any atom is 0.335 e. The number of carbonyl (C=O) groups is 3. The molecule has 12 heteroatoms. The number of amides is 2. The van der Waals surface area contributed by atoms with Gasteiger partial charge in [-0.15, -0.1) is 0 Å². The van der Waals surface area contributed by atoms with Crippen molar-refractivity contribution >= 4 is 52.6 Å². The number of ether oxygens (including phenoxy) is 2. The molecule has 3 rings (SSSR count). The molecule has 2 N–H and O–H groups in total. The number of methoxy groups -OCH3 is 2. The molecular weight excluding hydrogens is 442 g/mol. The van der Waals surface area contributed by atoms with Crippen LogP contribution in [-0.2, 0) is 9.59 Å². The van der Waals surface area contributed by atoms with Crippen molar-refractivity contribution in [2.75, 3.05) is 19.1 Å². The van der Waals surface area contributed by atoms with Crippen LogP contribution in [0.25, 0.3) is 6.08 Å². The molecule has 1 saturated heterocycles. The summed E-state index contributed by atoms with van der Waals surface area (Å²) in [4.78, 5) is 48.6. The van der Waals surface area contributed by atoms with Gasteiger partial charge >= 0.3 is 11.7 Å². The molecule has 164 valence electrons. The second-order valence-corrected chi connectivity index (χ2v) is 6.72. The first-order valence-corrected chi connectivity index (χ1v) is 9.24. The molecule has 0 atom stereocenters. The zero-order valence-corrected chi connectivity index (χ0v) is 17.5. The molecule has 0 bridgehead atoms. The van der Waals surface area contributed by atoms with Crippen molar-refractivity contribution in [3.05, 3.63) is 63.2 Å². The number of carboxylic acids is 1. The number of hydrogen-bond acceptors (Lipinski definition) is 8. The number of carboxylic acid groups (broad SMARTS) is 1. The van der Waals surface area contributed by atoms with Gasteiger partial charge in [-0.1, -0.05) is 6.07 Å². The SMILES string of the molecule is COc1cc(OC)c([N+](=O)[O-])cc1C=C1C(=O)NC(=S)N(c2cccc(C(=O)O)c2)C1=O. The second-order valence-electron chi connectivity index (χ2n) is 6.34. The summed E-state index contributed by atoms with van der Waals surface area (Å²) in [6.45, 7) is 0. The van der Waals surface area contributed by atoms with Gasteiger partial charge in [0, 0.05) is 17.7 Å². The van der Waals surface area contributed by atoms with Gasteiger partial charge in [-0.2, -0.15) is 0 Å². The lowest BCUT2D eigenvalue weighted by atomic mass is 10.0. The Morgan fingerprint density at radius 1 is 1.19 bits per heavy atom. The van der Waals surface area contributed by atoms with Crippen LogP contribution >= 0.6 is 12.2 Å². The maximum absolute atomic E-state index is 13.1. The number of anilines is 1. The Kier molecular flexibility index (Phi) is 6.16. The summed E-state index contributed by atoms with van der Waals surface area (Å²) in [5, 5.41) is 22.7. The van der Waals surface area contributed by atoms with Crippen molar-refractivity contribution in [2.24, 2.45) is 0 Å². The number of hydrogen-bond donors (Lipinski definition) is 2. The molecule has 0 aliphatic carbocycles. The first-order chi connectivity index (χ1) is 15.2. The highest BCUT2D eigenvalue weighted by Gasteiger charge is 2.35. The first-order valence-electron chi connectivity index (χ1n) is 8.83. The minimum absolute atomic E-state index is 0.0679. The topological polar surface area (TPSA) is 148 Å². The third-order valence-corrected chi connectivity index (χ3v) is 4.77. The molecule has 1 aliphatic rings. The fourth-order valence-corrected chi connectivity index (χ4v) is 3.27. The second kappa shape index (κ2) is 8.81. The van der Waals surface area contributed by atoms with E-state index in [0.717, 1.165) is 17.0 Å². The van der Waals surface area contributed by atoms with Crippen LogP contribution in [0.2, 0.25) is 0 Å². The van der Waals surface area contributed by atoms with E-state index in [2.05, 4.69) is 5.32 Å². The van der Waals surface area contributed by atoms with Crippen LogP contribution in [0.15, 0.2) is 42.0 Å². The molecule has 11 nitrogen and oxygen atoms in total. The summed E-state index contributed by atoms with van der Waals surface area (Å²) >= 11 is 5.09. The summed E-state index contributed by atoms with van der Waals surface area (Å²) in [7, 11) is 2.56. The van der Waals surface area contributed by atoms with E-state index in [1.807, 2.05) is 0 Å². The minimum atomic E-state index is -1.21. The highest BCUT2D eigenvalue weighted by molar-refractivity contribution is 7.80. The van der Waals surface area contributed by atoms with Crippen molar-refractivity contribution in [3.63, 3.8) is 0 Å². The number of nitrogens with zero attached hydrogens (tertiary/aromatic N) is 2. The van der Waals surface area contributed by atoms with Gasteiger partial charge in [0.2, 0.25) is 5.75 Å². The number of aromatic carboxylic acids is 1. The van der Waals surface area contributed by atoms with E-state index in [1.165, 1.54) is 44.6 Å². The van der Waals surface area contributed by atoms with Gasteiger partial charge in [0.05, 0.1) is 30.4 Å². The molecule has 32 heavy (non-hydrogen) atoms. The lowest BCUT2D eigenvalue weighted by Gasteiger charge is -2.29. The van der Waals surface area contributed by atoms with Crippen LogP contribution in [0.1, 0.15) is 15.9 Å². The van der Waals surface area contributed by atoms with Crippen LogP contribution in [0, 0.1) is 10.1 Å². The molecule has 0 radical (unpaired) electrons. The summed E-state index contributed by atoms with van der Waals surface area (Å²) in [5.74, 6) is -2.83. The van der Waals surface area contributed by atoms with Crippen molar-refractivity contribution in [1.82, 2.24) is 5.32 Å². The third kappa shape index (κ3) is 4.11. The standard InChI is InChI=1S/C20H15N3O8S/c1-30-15-9-16(31-2)14(23(28)29)8-11(15)7-13-17(24)21-20(32)22(18(13)25)12-5-3-4-10(6-12)19(26)27/h3-9H,1-2H3,(H,26,27)(H,21,24,32). The predicted octanol–water partition coefficient (Wildman–Crippen LogP) is 2.14. The van der Waals surface area contributed by atoms with Gasteiger partial charge in [0.25, 0.3) is 11.8 Å². The van der Waals surface area contributed by atoms with Gasteiger partial charge in [-0.3, -0.25) is 29.9 Å². The zero-order valence-electron chi connectivity index (χ0n) is 16.6. The Balaban J connectivity index is 2.12. The average Bonchev–Trinajstić information content (AvgIpc) is 2.76. The normalized spacial score (nSPS) is 14.9. The molecule has 1 fully saturated rings. The molecule has 2 aromatic carbocycles. The molecule has 2 amide bonds. The monoisotopic (exact) mass is 457 g/mol. The van der Waals surface area contributed by atoms with Crippen LogP contribution in [0.3, 0.4) is 0 Å². The molecule has 0 saturated carbocycles.